The summed E-state index contributed by atoms with van der Waals surface area (Å²) >= 11 is 4.59. The van der Waals surface area contributed by atoms with Crippen molar-refractivity contribution in [2.75, 3.05) is 0 Å². The molecule has 4 heteroatoms. The Morgan fingerprint density at radius 2 is 2.38 bits per heavy atom. The molecule has 0 bridgehead atoms. The summed E-state index contributed by atoms with van der Waals surface area (Å²) in [6.45, 7) is 0. The quantitative estimate of drug-likeness (QED) is 0.501. The van der Waals surface area contributed by atoms with Gasteiger partial charge in [-0.25, -0.2) is 0 Å². The van der Waals surface area contributed by atoms with E-state index in [4.69, 9.17) is 0 Å². The Morgan fingerprint density at radius 1 is 1.62 bits per heavy atom. The van der Waals surface area contributed by atoms with E-state index in [9.17, 15) is 4.79 Å². The van der Waals surface area contributed by atoms with Crippen LogP contribution < -0.4 is 5.56 Å². The number of nitrogens with one attached hydrogen (secondary N) is 2. The first kappa shape index (κ1) is 5.24. The minimum Gasteiger partial charge on any atom is -0.339 e. The Bertz CT molecular complexity index is 248. The van der Waals surface area contributed by atoms with Crippen molar-refractivity contribution in [1.29, 1.82) is 0 Å². The second-order valence-electron chi connectivity index (χ2n) is 1.30. The zero-order chi connectivity index (χ0) is 5.98. The van der Waals surface area contributed by atoms with Gasteiger partial charge in [-0.05, 0) is 12.2 Å². The molecular formula is C4H4N2OS. The lowest BCUT2D eigenvalue weighted by Gasteiger charge is -1.78. The third-order valence-corrected chi connectivity index (χ3v) is 0.906. The molecule has 1 rings (SSSR count). The van der Waals surface area contributed by atoms with E-state index in [1.807, 2.05) is 0 Å². The van der Waals surface area contributed by atoms with Gasteiger partial charge in [-0.15, -0.1) is 0 Å². The molecule has 2 N–H and O–H groups in total. The topological polar surface area (TPSA) is 48.6 Å². The highest BCUT2D eigenvalue weighted by Crippen LogP contribution is 1.67. The standard InChI is InChI=1S/C4H4N2OS/c7-3-1-2-5-4(8)6-3/h1-2H,(H2,5,6,7,8)/i8+3. The van der Waals surface area contributed by atoms with Gasteiger partial charge in [-0.1, -0.05) is 0 Å². The van der Waals surface area contributed by atoms with Gasteiger partial charge in [0.1, 0.15) is 0 Å². The third-order valence-electron chi connectivity index (χ3n) is 0.686. The molecule has 0 unspecified atom stereocenters. The van der Waals surface area contributed by atoms with Crippen LogP contribution >= 0.6 is 12.2 Å². The van der Waals surface area contributed by atoms with Crippen LogP contribution in [0.3, 0.4) is 0 Å². The molecule has 0 aliphatic rings. The van der Waals surface area contributed by atoms with Gasteiger partial charge in [0.05, 0.1) is 0 Å². The highest BCUT2D eigenvalue weighted by atomic mass is 35.0. The molecule has 0 radical (unpaired) electrons. The van der Waals surface area contributed by atoms with E-state index in [1.165, 1.54) is 12.3 Å². The molecular weight excluding hydrogens is 127 g/mol. The molecule has 8 heavy (non-hydrogen) atoms. The van der Waals surface area contributed by atoms with E-state index in [0.29, 0.717) is 4.77 Å². The zero-order valence-electron chi connectivity index (χ0n) is 3.97. The lowest BCUT2D eigenvalue weighted by Crippen LogP contribution is -2.02. The van der Waals surface area contributed by atoms with Crippen molar-refractivity contribution in [2.24, 2.45) is 0 Å². The summed E-state index contributed by atoms with van der Waals surface area (Å²) in [5, 5.41) is 0. The van der Waals surface area contributed by atoms with E-state index >= 15 is 0 Å². The monoisotopic (exact) mass is 131 g/mol. The van der Waals surface area contributed by atoms with E-state index in [0.717, 1.165) is 0 Å². The third kappa shape index (κ3) is 1.04. The number of aromatic amines is 2. The summed E-state index contributed by atoms with van der Waals surface area (Å²) in [7, 11) is 0. The second kappa shape index (κ2) is 1.92. The number of hydrogen-bond donors (Lipinski definition) is 2. The first-order chi connectivity index (χ1) is 3.79. The highest BCUT2D eigenvalue weighted by molar-refractivity contribution is 7.71. The van der Waals surface area contributed by atoms with E-state index in [2.05, 4.69) is 22.2 Å². The number of rotatable bonds is 0. The van der Waals surface area contributed by atoms with Gasteiger partial charge in [-0.3, -0.25) is 9.78 Å². The summed E-state index contributed by atoms with van der Waals surface area (Å²) in [6.07, 6.45) is 1.50. The van der Waals surface area contributed by atoms with Crippen molar-refractivity contribution < 1.29 is 0 Å². The van der Waals surface area contributed by atoms with Gasteiger partial charge in [0.2, 0.25) is 0 Å². The Balaban J connectivity index is 3.50. The Morgan fingerprint density at radius 3 is 2.75 bits per heavy atom. The molecule has 0 atom stereocenters. The van der Waals surface area contributed by atoms with Crippen LogP contribution in [0, 0.1) is 4.77 Å². The molecule has 0 saturated carbocycles. The van der Waals surface area contributed by atoms with E-state index in [-0.39, 0.29) is 5.56 Å². The predicted molar refractivity (Wildman–Crippen MR) is 32.2 cm³/mol. The lowest BCUT2D eigenvalue weighted by atomic mass is 10.7. The average molecular weight is 131 g/mol. The van der Waals surface area contributed by atoms with Crippen molar-refractivity contribution in [3.8, 4) is 0 Å². The molecule has 1 aromatic heterocycles. The summed E-state index contributed by atoms with van der Waals surface area (Å²) in [6, 6.07) is 1.37. The Kier molecular flexibility index (Phi) is 1.26. The van der Waals surface area contributed by atoms with E-state index < -0.39 is 0 Å². The maximum atomic E-state index is 10.3. The summed E-state index contributed by atoms with van der Waals surface area (Å²) in [5.74, 6) is 0. The Hall–Kier alpha value is -0.900. The number of aromatic nitrogens is 2. The van der Waals surface area contributed by atoms with Crippen LogP contribution in [-0.4, -0.2) is 9.97 Å². The smallest absolute Gasteiger partial charge is 0.251 e. The SMILES string of the molecule is O=c1cc[nH]c(=[35S])[nH]1. The first-order valence-electron chi connectivity index (χ1n) is 2.07. The molecule has 0 fully saturated rings. The van der Waals surface area contributed by atoms with Crippen molar-refractivity contribution in [3.05, 3.63) is 27.4 Å². The first-order valence-corrected chi connectivity index (χ1v) is 2.48. The fourth-order valence-electron chi connectivity index (χ4n) is 0.383. The lowest BCUT2D eigenvalue weighted by molar-refractivity contribution is 1.09. The molecule has 0 aromatic carbocycles. The maximum absolute atomic E-state index is 10.3. The van der Waals surface area contributed by atoms with Crippen LogP contribution in [0.4, 0.5) is 0 Å². The van der Waals surface area contributed by atoms with Crippen LogP contribution in [0.2, 0.25) is 0 Å². The maximum Gasteiger partial charge on any atom is 0.251 e. The normalized spacial score (nSPS) is 9.00. The van der Waals surface area contributed by atoms with E-state index in [1.54, 1.807) is 0 Å². The average Bonchev–Trinajstić information content (AvgIpc) is 1.64. The van der Waals surface area contributed by atoms with Crippen LogP contribution in [0.25, 0.3) is 0 Å². The van der Waals surface area contributed by atoms with Gasteiger partial charge >= 0.3 is 0 Å². The van der Waals surface area contributed by atoms with Gasteiger partial charge in [0, 0.05) is 12.3 Å². The largest absolute Gasteiger partial charge is 0.339 e. The molecule has 0 aliphatic carbocycles. The minimum absolute atomic E-state index is 0.172. The van der Waals surface area contributed by atoms with Gasteiger partial charge < -0.3 is 4.98 Å². The van der Waals surface area contributed by atoms with Crippen molar-refractivity contribution >= 4 is 12.2 Å². The molecule has 3 nitrogen and oxygen atoms in total. The van der Waals surface area contributed by atoms with Crippen LogP contribution in [-0.2, 0) is 0 Å². The van der Waals surface area contributed by atoms with Crippen molar-refractivity contribution in [1.82, 2.24) is 9.97 Å². The minimum atomic E-state index is -0.172. The van der Waals surface area contributed by atoms with Crippen molar-refractivity contribution in [3.63, 3.8) is 0 Å². The van der Waals surface area contributed by atoms with Gasteiger partial charge in [-0.2, -0.15) is 0 Å². The molecule has 1 heterocycles. The summed E-state index contributed by atoms with van der Waals surface area (Å²) < 4.78 is 0.359. The zero-order valence-corrected chi connectivity index (χ0v) is 4.79. The molecule has 42 valence electrons. The molecule has 0 saturated heterocycles. The van der Waals surface area contributed by atoms with Gasteiger partial charge in [0.15, 0.2) is 4.77 Å². The van der Waals surface area contributed by atoms with Crippen molar-refractivity contribution in [2.45, 2.75) is 0 Å². The number of hydrogen-bond acceptors (Lipinski definition) is 2. The molecule has 0 spiro atoms. The molecule has 0 aliphatic heterocycles. The summed E-state index contributed by atoms with van der Waals surface area (Å²) in [4.78, 5) is 15.4. The molecule has 0 amide bonds. The van der Waals surface area contributed by atoms with Crippen LogP contribution in [0.1, 0.15) is 0 Å². The highest BCUT2D eigenvalue weighted by Gasteiger charge is 1.74. The second-order valence-corrected chi connectivity index (χ2v) is 1.70. The van der Waals surface area contributed by atoms with Crippen LogP contribution in [0.15, 0.2) is 17.1 Å². The number of H-pyrrole nitrogens is 2. The Labute approximate surface area is 50.4 Å². The van der Waals surface area contributed by atoms with Gasteiger partial charge in [0.25, 0.3) is 5.56 Å². The fourth-order valence-corrected chi connectivity index (χ4v) is 0.551. The fraction of sp³-hybridized carbons (Fsp3) is 0. The molecule has 1 aromatic rings. The predicted octanol–water partition coefficient (Wildman–Crippen LogP) is 0.432. The van der Waals surface area contributed by atoms with Crippen LogP contribution in [0.5, 0.6) is 0 Å². The summed E-state index contributed by atoms with van der Waals surface area (Å²) in [5.41, 5.74) is -0.172.